The molecule has 2 N–H and O–H groups in total. The van der Waals surface area contributed by atoms with Crippen LogP contribution >= 0.6 is 0 Å². The van der Waals surface area contributed by atoms with Gasteiger partial charge in [0, 0.05) is 6.54 Å². The molecule has 0 rings (SSSR count). The van der Waals surface area contributed by atoms with Crippen molar-refractivity contribution in [1.29, 1.82) is 0 Å². The van der Waals surface area contributed by atoms with Crippen molar-refractivity contribution in [2.75, 3.05) is 205 Å². The molecule has 0 spiro atoms. The summed E-state index contributed by atoms with van der Waals surface area (Å²) in [6.07, 6.45) is -0.458. The first-order valence-corrected chi connectivity index (χ1v) is 19.7. The molecule has 20 nitrogen and oxygen atoms in total. The van der Waals surface area contributed by atoms with Crippen LogP contribution in [-0.4, -0.2) is 228 Å². The number of aliphatic carboxylic acids is 1. The molecule has 340 valence electrons. The summed E-state index contributed by atoms with van der Waals surface area (Å²) in [6.45, 7) is 18.6. The van der Waals surface area contributed by atoms with Gasteiger partial charge in [-0.25, -0.2) is 9.59 Å². The molecule has 0 aliphatic carbocycles. The molecule has 0 heterocycles. The molecule has 0 saturated heterocycles. The summed E-state index contributed by atoms with van der Waals surface area (Å²) in [5, 5.41) is 11.1. The van der Waals surface area contributed by atoms with Crippen LogP contribution in [0.15, 0.2) is 0 Å². The van der Waals surface area contributed by atoms with E-state index in [1.807, 2.05) is 20.8 Å². The zero-order chi connectivity index (χ0) is 41.6. The largest absolute Gasteiger partial charge is 0.480 e. The van der Waals surface area contributed by atoms with E-state index in [0.717, 1.165) is 0 Å². The normalized spacial score (nSPS) is 11.7. The number of carbonyl (C=O) groups excluding carboxylic acids is 1. The molecular formula is C37H73NO19. The molecular weight excluding hydrogens is 762 g/mol. The zero-order valence-electron chi connectivity index (χ0n) is 34.7. The van der Waals surface area contributed by atoms with Gasteiger partial charge in [0.15, 0.2) is 0 Å². The van der Waals surface area contributed by atoms with Crippen LogP contribution in [0.5, 0.6) is 0 Å². The van der Waals surface area contributed by atoms with Gasteiger partial charge in [-0.3, -0.25) is 0 Å². The Balaban J connectivity index is 3.10. The SMILES string of the molecule is CC(C)(C)OC(=O)NCCOCCOCCOCCOCCOCCOCCOCCOCCOCCOCCOCCOCCOCCOCCOCC(=O)O. The molecule has 0 bridgehead atoms. The predicted octanol–water partition coefficient (Wildman–Crippen LogP) is 0.845. The number of ether oxygens (including phenoxy) is 16. The lowest BCUT2D eigenvalue weighted by atomic mass is 10.2. The maximum absolute atomic E-state index is 11.5. The van der Waals surface area contributed by atoms with Crippen molar-refractivity contribution in [3.63, 3.8) is 0 Å². The van der Waals surface area contributed by atoms with Gasteiger partial charge in [-0.1, -0.05) is 0 Å². The molecule has 57 heavy (non-hydrogen) atoms. The van der Waals surface area contributed by atoms with E-state index in [2.05, 4.69) is 5.32 Å². The fourth-order valence-electron chi connectivity index (χ4n) is 3.78. The van der Waals surface area contributed by atoms with Crippen molar-refractivity contribution >= 4 is 12.1 Å². The number of hydrogen-bond acceptors (Lipinski definition) is 18. The smallest absolute Gasteiger partial charge is 0.407 e. The first-order chi connectivity index (χ1) is 27.8. The predicted molar refractivity (Wildman–Crippen MR) is 204 cm³/mol. The Kier molecular flexibility index (Phi) is 43.8. The van der Waals surface area contributed by atoms with Crippen molar-refractivity contribution < 1.29 is 90.5 Å². The number of nitrogens with one attached hydrogen (secondary N) is 1. The van der Waals surface area contributed by atoms with Gasteiger partial charge < -0.3 is 86.2 Å². The quantitative estimate of drug-likeness (QED) is 0.0813. The highest BCUT2D eigenvalue weighted by atomic mass is 16.6. The van der Waals surface area contributed by atoms with E-state index in [0.29, 0.717) is 192 Å². The summed E-state index contributed by atoms with van der Waals surface area (Å²) in [6, 6.07) is 0. The lowest BCUT2D eigenvalue weighted by Crippen LogP contribution is -2.34. The van der Waals surface area contributed by atoms with Gasteiger partial charge in [-0.2, -0.15) is 0 Å². The van der Waals surface area contributed by atoms with Crippen molar-refractivity contribution in [1.82, 2.24) is 5.32 Å². The summed E-state index contributed by atoms with van der Waals surface area (Å²) in [5.41, 5.74) is -0.518. The summed E-state index contributed by atoms with van der Waals surface area (Å²) in [4.78, 5) is 21.8. The van der Waals surface area contributed by atoms with E-state index >= 15 is 0 Å². The van der Waals surface area contributed by atoms with Crippen LogP contribution in [0.1, 0.15) is 20.8 Å². The third-order valence-corrected chi connectivity index (χ3v) is 6.35. The van der Waals surface area contributed by atoms with Gasteiger partial charge in [0.05, 0.1) is 192 Å². The van der Waals surface area contributed by atoms with E-state index in [9.17, 15) is 9.59 Å². The Morgan fingerprint density at radius 3 is 0.737 bits per heavy atom. The maximum atomic E-state index is 11.5. The topological polar surface area (TPSA) is 214 Å². The van der Waals surface area contributed by atoms with Crippen molar-refractivity contribution in [2.24, 2.45) is 0 Å². The van der Waals surface area contributed by atoms with Crippen molar-refractivity contribution in [3.05, 3.63) is 0 Å². The number of hydrogen-bond donors (Lipinski definition) is 2. The maximum Gasteiger partial charge on any atom is 0.407 e. The number of carboxylic acids is 1. The number of rotatable bonds is 47. The van der Waals surface area contributed by atoms with Crippen LogP contribution < -0.4 is 5.32 Å². The Morgan fingerprint density at radius 1 is 0.351 bits per heavy atom. The third-order valence-electron chi connectivity index (χ3n) is 6.35. The van der Waals surface area contributed by atoms with Crippen LogP contribution in [0, 0.1) is 0 Å². The molecule has 0 radical (unpaired) electrons. The monoisotopic (exact) mass is 835 g/mol. The van der Waals surface area contributed by atoms with E-state index in [1.165, 1.54) is 0 Å². The van der Waals surface area contributed by atoms with Gasteiger partial charge in [0.1, 0.15) is 12.2 Å². The lowest BCUT2D eigenvalue weighted by Gasteiger charge is -2.19. The van der Waals surface area contributed by atoms with E-state index < -0.39 is 17.7 Å². The fraction of sp³-hybridized carbons (Fsp3) is 0.946. The summed E-state index contributed by atoms with van der Waals surface area (Å²) in [5.74, 6) is -1.00. The minimum absolute atomic E-state index is 0.235. The molecule has 0 aliphatic heterocycles. The second-order valence-electron chi connectivity index (χ2n) is 12.4. The molecule has 0 aliphatic rings. The molecule has 0 fully saturated rings. The van der Waals surface area contributed by atoms with E-state index in [1.54, 1.807) is 0 Å². The van der Waals surface area contributed by atoms with Gasteiger partial charge in [-0.15, -0.1) is 0 Å². The van der Waals surface area contributed by atoms with Crippen molar-refractivity contribution in [3.8, 4) is 0 Å². The van der Waals surface area contributed by atoms with Crippen LogP contribution in [0.25, 0.3) is 0 Å². The van der Waals surface area contributed by atoms with Gasteiger partial charge >= 0.3 is 12.1 Å². The average molecular weight is 836 g/mol. The zero-order valence-corrected chi connectivity index (χ0v) is 34.7. The van der Waals surface area contributed by atoms with Gasteiger partial charge in [-0.05, 0) is 20.8 Å². The molecule has 20 heteroatoms. The second kappa shape index (κ2) is 45.2. The summed E-state index contributed by atoms with van der Waals surface area (Å²) in [7, 11) is 0. The van der Waals surface area contributed by atoms with E-state index in [-0.39, 0.29) is 13.2 Å². The average Bonchev–Trinajstić information content (AvgIpc) is 3.16. The van der Waals surface area contributed by atoms with Gasteiger partial charge in [0.2, 0.25) is 0 Å². The van der Waals surface area contributed by atoms with E-state index in [4.69, 9.17) is 80.9 Å². The highest BCUT2D eigenvalue weighted by Crippen LogP contribution is 2.06. The van der Waals surface area contributed by atoms with Crippen molar-refractivity contribution in [2.45, 2.75) is 26.4 Å². The summed E-state index contributed by atoms with van der Waals surface area (Å²) >= 11 is 0. The molecule has 0 aromatic rings. The number of carbonyl (C=O) groups is 2. The number of carboxylic acid groups (broad SMARTS) is 1. The molecule has 0 saturated carbocycles. The first-order valence-electron chi connectivity index (χ1n) is 19.7. The fourth-order valence-corrected chi connectivity index (χ4v) is 3.78. The number of alkyl carbamates (subject to hydrolysis) is 1. The van der Waals surface area contributed by atoms with Crippen LogP contribution in [0.3, 0.4) is 0 Å². The Labute approximate surface area is 338 Å². The Morgan fingerprint density at radius 2 is 0.544 bits per heavy atom. The molecule has 0 aromatic heterocycles. The van der Waals surface area contributed by atoms with Gasteiger partial charge in [0.25, 0.3) is 0 Å². The standard InChI is InChI=1S/C37H73NO19/c1-37(2,3)57-36(41)38-4-5-42-6-7-43-8-9-44-10-11-45-12-13-46-14-15-47-16-17-48-18-19-49-20-21-50-22-23-51-24-25-52-26-27-53-28-29-54-30-31-55-32-33-56-34-35(39)40/h4-34H2,1-3H3,(H,38,41)(H,39,40). The molecule has 0 atom stereocenters. The first kappa shape index (κ1) is 55.1. The Hall–Kier alpha value is -1.86. The minimum Gasteiger partial charge on any atom is -0.480 e. The second-order valence-corrected chi connectivity index (χ2v) is 12.4. The molecule has 0 unspecified atom stereocenters. The highest BCUT2D eigenvalue weighted by Gasteiger charge is 2.15. The Bertz CT molecular complexity index is 839. The lowest BCUT2D eigenvalue weighted by molar-refractivity contribution is -0.142. The third kappa shape index (κ3) is 52.1. The van der Waals surface area contributed by atoms with Crippen LogP contribution in [0.4, 0.5) is 4.79 Å². The number of amides is 1. The minimum atomic E-state index is -1.00. The highest BCUT2D eigenvalue weighted by molar-refractivity contribution is 5.68. The van der Waals surface area contributed by atoms with Crippen LogP contribution in [0.2, 0.25) is 0 Å². The van der Waals surface area contributed by atoms with Crippen LogP contribution in [-0.2, 0) is 80.6 Å². The summed E-state index contributed by atoms with van der Waals surface area (Å²) < 4.78 is 86.1. The molecule has 0 aromatic carbocycles. The molecule has 1 amide bonds.